The quantitative estimate of drug-likeness (QED) is 0.843. The van der Waals surface area contributed by atoms with E-state index in [0.29, 0.717) is 0 Å². The molecule has 3 rings (SSSR count). The number of aromatic nitrogens is 2. The van der Waals surface area contributed by atoms with Crippen molar-refractivity contribution in [2.75, 3.05) is 18.5 Å². The lowest BCUT2D eigenvalue weighted by atomic mass is 10.0. The predicted octanol–water partition coefficient (Wildman–Crippen LogP) is 1.80. The maximum atomic E-state index is 12.2. The Morgan fingerprint density at radius 2 is 1.90 bits per heavy atom. The Morgan fingerprint density at radius 3 is 2.57 bits per heavy atom. The third-order valence-corrected chi connectivity index (χ3v) is 3.77. The van der Waals surface area contributed by atoms with Gasteiger partial charge < -0.3 is 0 Å². The van der Waals surface area contributed by atoms with Crippen molar-refractivity contribution < 1.29 is 4.79 Å². The monoisotopic (exact) mass is 282 g/mol. The first-order valence-electron chi connectivity index (χ1n) is 7.06. The number of amides is 1. The molecule has 1 aliphatic rings. The molecule has 0 spiro atoms. The zero-order valence-electron chi connectivity index (χ0n) is 12.5. The molecule has 0 N–H and O–H groups in total. The maximum absolute atomic E-state index is 12.2. The summed E-state index contributed by atoms with van der Waals surface area (Å²) < 4.78 is 1.77. The molecule has 0 bridgehead atoms. The third-order valence-electron chi connectivity index (χ3n) is 3.77. The molecule has 5 heteroatoms. The molecular weight excluding hydrogens is 264 g/mol. The van der Waals surface area contributed by atoms with Crippen molar-refractivity contribution in [2.45, 2.75) is 13.3 Å². The van der Waals surface area contributed by atoms with Crippen LogP contribution < -0.4 is 4.90 Å². The summed E-state index contributed by atoms with van der Waals surface area (Å²) in [5, 5.41) is 4.55. The summed E-state index contributed by atoms with van der Waals surface area (Å²) in [5.74, 6) is 0.796. The second-order valence-corrected chi connectivity index (χ2v) is 5.11. The minimum atomic E-state index is -0.0205. The third kappa shape index (κ3) is 2.14. The summed E-state index contributed by atoms with van der Waals surface area (Å²) in [6.07, 6.45) is 0.803. The van der Waals surface area contributed by atoms with E-state index in [1.165, 1.54) is 0 Å². The maximum Gasteiger partial charge on any atom is 0.249 e. The van der Waals surface area contributed by atoms with Gasteiger partial charge in [0.05, 0.1) is 17.0 Å². The van der Waals surface area contributed by atoms with Crippen LogP contribution in [0.1, 0.15) is 23.7 Å². The number of likely N-dealkylation sites (N-methyl/N-ethyl adjacent to an activating group) is 1. The minimum Gasteiger partial charge on any atom is -0.298 e. The van der Waals surface area contributed by atoms with Gasteiger partial charge in [-0.15, -0.1) is 0 Å². The molecule has 0 atom stereocenters. The van der Waals surface area contributed by atoms with Crippen molar-refractivity contribution >= 4 is 17.4 Å². The number of carbonyl (C=O) groups excluding carboxylic acids is 1. The van der Waals surface area contributed by atoms with E-state index in [1.807, 2.05) is 37.4 Å². The number of fused-ring (bicyclic) bond motifs is 1. The van der Waals surface area contributed by atoms with Crippen LogP contribution in [0.3, 0.4) is 0 Å². The summed E-state index contributed by atoms with van der Waals surface area (Å²) in [5.41, 5.74) is 3.81. The van der Waals surface area contributed by atoms with E-state index in [-0.39, 0.29) is 12.5 Å². The smallest absolute Gasteiger partial charge is 0.249 e. The Bertz CT molecular complexity index is 715. The summed E-state index contributed by atoms with van der Waals surface area (Å²) in [7, 11) is 3.65. The van der Waals surface area contributed by atoms with Gasteiger partial charge in [0.2, 0.25) is 5.91 Å². The van der Waals surface area contributed by atoms with Gasteiger partial charge in [0.15, 0.2) is 0 Å². The SMILES string of the molecule is CCc1nn(C)c2c1C(c1ccccc1)=NCC(=O)N2C. The van der Waals surface area contributed by atoms with Crippen LogP contribution in [-0.4, -0.2) is 35.0 Å². The molecule has 0 saturated heterocycles. The van der Waals surface area contributed by atoms with Gasteiger partial charge in [-0.25, -0.2) is 0 Å². The van der Waals surface area contributed by atoms with Gasteiger partial charge in [-0.05, 0) is 6.42 Å². The Labute approximate surface area is 123 Å². The fourth-order valence-corrected chi connectivity index (χ4v) is 2.73. The van der Waals surface area contributed by atoms with Crippen LogP contribution in [0.25, 0.3) is 0 Å². The van der Waals surface area contributed by atoms with Crippen molar-refractivity contribution in [3.8, 4) is 0 Å². The summed E-state index contributed by atoms with van der Waals surface area (Å²) >= 11 is 0. The molecule has 2 heterocycles. The fourth-order valence-electron chi connectivity index (χ4n) is 2.73. The number of nitrogens with zero attached hydrogens (tertiary/aromatic N) is 4. The van der Waals surface area contributed by atoms with E-state index in [0.717, 1.165) is 34.8 Å². The number of hydrogen-bond acceptors (Lipinski definition) is 3. The Morgan fingerprint density at radius 1 is 1.19 bits per heavy atom. The highest BCUT2D eigenvalue weighted by Crippen LogP contribution is 2.28. The van der Waals surface area contributed by atoms with Crippen LogP contribution in [0.2, 0.25) is 0 Å². The zero-order chi connectivity index (χ0) is 15.0. The predicted molar refractivity (Wildman–Crippen MR) is 82.9 cm³/mol. The van der Waals surface area contributed by atoms with Crippen LogP contribution in [0.15, 0.2) is 35.3 Å². The second kappa shape index (κ2) is 5.16. The Balaban J connectivity index is 2.28. The van der Waals surface area contributed by atoms with Gasteiger partial charge >= 0.3 is 0 Å². The van der Waals surface area contributed by atoms with Crippen molar-refractivity contribution in [1.29, 1.82) is 0 Å². The number of benzene rings is 1. The number of rotatable bonds is 2. The second-order valence-electron chi connectivity index (χ2n) is 5.11. The average Bonchev–Trinajstić information content (AvgIpc) is 2.77. The van der Waals surface area contributed by atoms with Gasteiger partial charge in [-0.2, -0.15) is 5.10 Å². The first-order valence-corrected chi connectivity index (χ1v) is 7.06. The van der Waals surface area contributed by atoms with Crippen LogP contribution in [0.5, 0.6) is 0 Å². The van der Waals surface area contributed by atoms with Crippen LogP contribution in [0.4, 0.5) is 5.82 Å². The zero-order valence-corrected chi connectivity index (χ0v) is 12.5. The van der Waals surface area contributed by atoms with E-state index in [4.69, 9.17) is 0 Å². The van der Waals surface area contributed by atoms with Gasteiger partial charge in [-0.3, -0.25) is 19.4 Å². The lowest BCUT2D eigenvalue weighted by molar-refractivity contribution is -0.117. The molecule has 108 valence electrons. The molecule has 0 radical (unpaired) electrons. The number of aliphatic imine (C=N–C) groups is 1. The standard InChI is InChI=1S/C16H18N4O/c1-4-12-14-15(11-8-6-5-7-9-11)17-10-13(21)19(2)16(14)20(3)18-12/h5-9H,4,10H2,1-3H3. The Kier molecular flexibility index (Phi) is 3.33. The van der Waals surface area contributed by atoms with Crippen molar-refractivity contribution in [3.63, 3.8) is 0 Å². The van der Waals surface area contributed by atoms with Crippen molar-refractivity contribution in [2.24, 2.45) is 12.0 Å². The summed E-state index contributed by atoms with van der Waals surface area (Å²) in [4.78, 5) is 18.4. The minimum absolute atomic E-state index is 0.0205. The molecule has 5 nitrogen and oxygen atoms in total. The molecule has 1 aromatic carbocycles. The lowest BCUT2D eigenvalue weighted by Gasteiger charge is -2.16. The first-order chi connectivity index (χ1) is 10.1. The molecule has 1 aromatic heterocycles. The van der Waals surface area contributed by atoms with E-state index in [9.17, 15) is 4.79 Å². The van der Waals surface area contributed by atoms with E-state index < -0.39 is 0 Å². The molecule has 0 unspecified atom stereocenters. The highest BCUT2D eigenvalue weighted by atomic mass is 16.2. The summed E-state index contributed by atoms with van der Waals surface area (Å²) in [6.45, 7) is 2.23. The molecule has 1 aliphatic heterocycles. The molecule has 2 aromatic rings. The summed E-state index contributed by atoms with van der Waals surface area (Å²) in [6, 6.07) is 9.98. The number of hydrogen-bond donors (Lipinski definition) is 0. The number of carbonyl (C=O) groups is 1. The molecule has 0 saturated carbocycles. The topological polar surface area (TPSA) is 50.5 Å². The number of aryl methyl sites for hydroxylation is 2. The molecular formula is C16H18N4O. The van der Waals surface area contributed by atoms with Crippen LogP contribution in [-0.2, 0) is 18.3 Å². The van der Waals surface area contributed by atoms with Gasteiger partial charge in [0.1, 0.15) is 12.4 Å². The largest absolute Gasteiger partial charge is 0.298 e. The fraction of sp³-hybridized carbons (Fsp3) is 0.312. The van der Waals surface area contributed by atoms with E-state index in [2.05, 4.69) is 17.0 Å². The first kappa shape index (κ1) is 13.5. The Hall–Kier alpha value is -2.43. The van der Waals surface area contributed by atoms with Gasteiger partial charge in [0, 0.05) is 19.7 Å². The van der Waals surface area contributed by atoms with E-state index in [1.54, 1.807) is 16.6 Å². The van der Waals surface area contributed by atoms with Crippen LogP contribution >= 0.6 is 0 Å². The van der Waals surface area contributed by atoms with Gasteiger partial charge in [-0.1, -0.05) is 37.3 Å². The highest BCUT2D eigenvalue weighted by molar-refractivity contribution is 6.19. The van der Waals surface area contributed by atoms with Gasteiger partial charge in [0.25, 0.3) is 0 Å². The lowest BCUT2D eigenvalue weighted by Crippen LogP contribution is -2.29. The molecule has 1 amide bonds. The van der Waals surface area contributed by atoms with Crippen molar-refractivity contribution in [3.05, 3.63) is 47.2 Å². The molecule has 0 fully saturated rings. The van der Waals surface area contributed by atoms with Crippen LogP contribution in [0, 0.1) is 0 Å². The molecule has 0 aliphatic carbocycles. The normalized spacial score (nSPS) is 14.7. The number of anilines is 1. The average molecular weight is 282 g/mol. The molecule has 21 heavy (non-hydrogen) atoms. The van der Waals surface area contributed by atoms with E-state index >= 15 is 0 Å². The van der Waals surface area contributed by atoms with Crippen molar-refractivity contribution in [1.82, 2.24) is 9.78 Å². The highest BCUT2D eigenvalue weighted by Gasteiger charge is 2.28.